The number of hydrogen-bond donors (Lipinski definition) is 1. The van der Waals surface area contributed by atoms with Gasteiger partial charge in [0, 0.05) is 37.0 Å². The number of rotatable bonds is 6. The quantitative estimate of drug-likeness (QED) is 0.869. The largest absolute Gasteiger partial charge is 0.376 e. The fourth-order valence-corrected chi connectivity index (χ4v) is 2.95. The first-order chi connectivity index (χ1) is 10.2. The van der Waals surface area contributed by atoms with E-state index < -0.39 is 0 Å². The number of nitrogens with one attached hydrogen (secondary N) is 1. The molecule has 21 heavy (non-hydrogen) atoms. The summed E-state index contributed by atoms with van der Waals surface area (Å²) < 4.78 is 20.1. The van der Waals surface area contributed by atoms with Crippen LogP contribution in [0.2, 0.25) is 0 Å². The molecule has 2 atom stereocenters. The fourth-order valence-electron chi connectivity index (χ4n) is 2.95. The summed E-state index contributed by atoms with van der Waals surface area (Å²) in [5.74, 6) is -0.133. The van der Waals surface area contributed by atoms with Crippen LogP contribution in [0.15, 0.2) is 18.2 Å². The molecule has 0 aliphatic carbocycles. The van der Waals surface area contributed by atoms with Crippen LogP contribution in [0, 0.1) is 5.82 Å². The minimum Gasteiger partial charge on any atom is -0.376 e. The molecule has 1 fully saturated rings. The molecule has 1 heterocycles. The smallest absolute Gasteiger partial charge is 0.130 e. The zero-order valence-corrected chi connectivity index (χ0v) is 13.4. The maximum atomic E-state index is 14.2. The van der Waals surface area contributed by atoms with E-state index in [1.54, 1.807) is 12.1 Å². The predicted octanol–water partition coefficient (Wildman–Crippen LogP) is 3.50. The van der Waals surface area contributed by atoms with E-state index in [1.165, 1.54) is 0 Å². The summed E-state index contributed by atoms with van der Waals surface area (Å²) in [6.45, 7) is 6.75. The number of halogens is 1. The van der Waals surface area contributed by atoms with Gasteiger partial charge in [-0.2, -0.15) is 0 Å². The Balaban J connectivity index is 2.18. The third-order valence-electron chi connectivity index (χ3n) is 4.17. The van der Waals surface area contributed by atoms with Crippen LogP contribution in [0.4, 0.5) is 10.1 Å². The summed E-state index contributed by atoms with van der Waals surface area (Å²) in [5.41, 5.74) is 1.76. The first-order valence-electron chi connectivity index (χ1n) is 7.99. The first-order valence-corrected chi connectivity index (χ1v) is 7.99. The summed E-state index contributed by atoms with van der Waals surface area (Å²) in [6, 6.07) is 5.36. The number of piperidine rings is 1. The van der Waals surface area contributed by atoms with Crippen LogP contribution in [-0.2, 0) is 4.74 Å². The normalized spacial score (nSPS) is 20.6. The molecule has 0 amide bonds. The van der Waals surface area contributed by atoms with Crippen molar-refractivity contribution in [2.24, 2.45) is 0 Å². The molecule has 0 saturated carbocycles. The van der Waals surface area contributed by atoms with Crippen molar-refractivity contribution >= 4 is 5.69 Å². The molecule has 1 aliphatic heterocycles. The van der Waals surface area contributed by atoms with Gasteiger partial charge >= 0.3 is 0 Å². The van der Waals surface area contributed by atoms with Gasteiger partial charge in [0.25, 0.3) is 0 Å². The van der Waals surface area contributed by atoms with Gasteiger partial charge in [-0.25, -0.2) is 4.39 Å². The van der Waals surface area contributed by atoms with Gasteiger partial charge in [-0.3, -0.25) is 0 Å². The van der Waals surface area contributed by atoms with Gasteiger partial charge in [0.2, 0.25) is 0 Å². The number of ether oxygens (including phenoxy) is 1. The second-order valence-electron chi connectivity index (χ2n) is 5.76. The van der Waals surface area contributed by atoms with Crippen molar-refractivity contribution in [2.45, 2.75) is 45.3 Å². The Labute approximate surface area is 127 Å². The van der Waals surface area contributed by atoms with Crippen LogP contribution >= 0.6 is 0 Å². The molecule has 0 spiro atoms. The molecule has 1 N–H and O–H groups in total. The van der Waals surface area contributed by atoms with Gasteiger partial charge in [0.15, 0.2) is 0 Å². The van der Waals surface area contributed by atoms with E-state index in [0.29, 0.717) is 0 Å². The second kappa shape index (κ2) is 7.76. The highest BCUT2D eigenvalue weighted by Crippen LogP contribution is 2.31. The molecule has 0 aromatic heterocycles. The SMILES string of the molecule is CCCOC1CCCN(c2cccc(F)c2C(C)NC)C1. The summed E-state index contributed by atoms with van der Waals surface area (Å²) >= 11 is 0. The highest BCUT2D eigenvalue weighted by molar-refractivity contribution is 5.56. The van der Waals surface area contributed by atoms with Crippen LogP contribution in [0.3, 0.4) is 0 Å². The molecule has 2 unspecified atom stereocenters. The third-order valence-corrected chi connectivity index (χ3v) is 4.17. The van der Waals surface area contributed by atoms with E-state index >= 15 is 0 Å². The van der Waals surface area contributed by atoms with Crippen molar-refractivity contribution in [1.29, 1.82) is 0 Å². The van der Waals surface area contributed by atoms with Crippen molar-refractivity contribution in [3.63, 3.8) is 0 Å². The number of benzene rings is 1. The lowest BCUT2D eigenvalue weighted by molar-refractivity contribution is 0.0440. The molecular formula is C17H27FN2O. The summed E-state index contributed by atoms with van der Waals surface area (Å²) in [5, 5.41) is 3.15. The molecule has 1 aromatic rings. The molecule has 4 heteroatoms. The minimum atomic E-state index is -0.133. The van der Waals surface area contributed by atoms with E-state index in [1.807, 2.05) is 20.0 Å². The van der Waals surface area contributed by atoms with E-state index in [4.69, 9.17) is 4.74 Å². The molecule has 0 bridgehead atoms. The fraction of sp³-hybridized carbons (Fsp3) is 0.647. The monoisotopic (exact) mass is 294 g/mol. The molecule has 1 saturated heterocycles. The van der Waals surface area contributed by atoms with Crippen LogP contribution in [-0.4, -0.2) is 32.8 Å². The Bertz CT molecular complexity index is 452. The highest BCUT2D eigenvalue weighted by atomic mass is 19.1. The predicted molar refractivity (Wildman–Crippen MR) is 85.4 cm³/mol. The van der Waals surface area contributed by atoms with Crippen molar-refractivity contribution < 1.29 is 9.13 Å². The Kier molecular flexibility index (Phi) is 6.00. The number of anilines is 1. The Morgan fingerprint density at radius 3 is 3.00 bits per heavy atom. The second-order valence-corrected chi connectivity index (χ2v) is 5.76. The lowest BCUT2D eigenvalue weighted by Gasteiger charge is -2.36. The molecule has 3 nitrogen and oxygen atoms in total. The maximum absolute atomic E-state index is 14.2. The Morgan fingerprint density at radius 2 is 2.29 bits per heavy atom. The van der Waals surface area contributed by atoms with Crippen molar-refractivity contribution in [2.75, 3.05) is 31.6 Å². The molecule has 0 radical (unpaired) electrons. The lowest BCUT2D eigenvalue weighted by Crippen LogP contribution is -2.40. The number of nitrogens with zero attached hydrogens (tertiary/aromatic N) is 1. The van der Waals surface area contributed by atoms with E-state index in [2.05, 4.69) is 17.1 Å². The molecule has 118 valence electrons. The lowest BCUT2D eigenvalue weighted by atomic mass is 10.0. The van der Waals surface area contributed by atoms with Crippen molar-refractivity contribution in [3.05, 3.63) is 29.6 Å². The standard InChI is InChI=1S/C17H27FN2O/c1-4-11-21-14-7-6-10-20(12-14)16-9-5-8-15(18)17(16)13(2)19-3/h5,8-9,13-14,19H,4,6-7,10-12H2,1-3H3. The van der Waals surface area contributed by atoms with Gasteiger partial charge in [0.05, 0.1) is 6.10 Å². The van der Waals surface area contributed by atoms with Gasteiger partial charge in [-0.1, -0.05) is 13.0 Å². The molecular weight excluding hydrogens is 267 g/mol. The van der Waals surface area contributed by atoms with Crippen LogP contribution in [0.1, 0.15) is 44.7 Å². The van der Waals surface area contributed by atoms with Gasteiger partial charge < -0.3 is 15.0 Å². The molecule has 1 aromatic carbocycles. The Morgan fingerprint density at radius 1 is 1.48 bits per heavy atom. The summed E-state index contributed by atoms with van der Waals surface area (Å²) in [6.07, 6.45) is 3.50. The highest BCUT2D eigenvalue weighted by Gasteiger charge is 2.24. The van der Waals surface area contributed by atoms with E-state index in [0.717, 1.165) is 50.2 Å². The van der Waals surface area contributed by atoms with Gasteiger partial charge in [0.1, 0.15) is 5.82 Å². The topological polar surface area (TPSA) is 24.5 Å². The summed E-state index contributed by atoms with van der Waals surface area (Å²) in [7, 11) is 1.87. The first kappa shape index (κ1) is 16.2. The van der Waals surface area contributed by atoms with E-state index in [9.17, 15) is 4.39 Å². The van der Waals surface area contributed by atoms with Crippen molar-refractivity contribution in [3.8, 4) is 0 Å². The van der Waals surface area contributed by atoms with Crippen LogP contribution < -0.4 is 10.2 Å². The zero-order valence-electron chi connectivity index (χ0n) is 13.4. The summed E-state index contributed by atoms with van der Waals surface area (Å²) in [4.78, 5) is 2.27. The van der Waals surface area contributed by atoms with Gasteiger partial charge in [-0.15, -0.1) is 0 Å². The number of hydrogen-bond acceptors (Lipinski definition) is 3. The van der Waals surface area contributed by atoms with Crippen molar-refractivity contribution in [1.82, 2.24) is 5.32 Å². The minimum absolute atomic E-state index is 0.00173. The zero-order chi connectivity index (χ0) is 15.2. The average Bonchev–Trinajstić information content (AvgIpc) is 2.52. The maximum Gasteiger partial charge on any atom is 0.130 e. The third kappa shape index (κ3) is 3.95. The van der Waals surface area contributed by atoms with Gasteiger partial charge in [-0.05, 0) is 45.4 Å². The van der Waals surface area contributed by atoms with Crippen LogP contribution in [0.25, 0.3) is 0 Å². The average molecular weight is 294 g/mol. The Hall–Kier alpha value is -1.13. The van der Waals surface area contributed by atoms with Crippen LogP contribution in [0.5, 0.6) is 0 Å². The molecule has 1 aliphatic rings. The van der Waals surface area contributed by atoms with E-state index in [-0.39, 0.29) is 18.0 Å². The molecule has 2 rings (SSSR count).